The van der Waals surface area contributed by atoms with Crippen LogP contribution in [0.5, 0.6) is 0 Å². The monoisotopic (exact) mass is 419 g/mol. The Labute approximate surface area is 171 Å². The van der Waals surface area contributed by atoms with Crippen LogP contribution in [0.3, 0.4) is 0 Å². The Morgan fingerprint density at radius 1 is 1.07 bits per heavy atom. The van der Waals surface area contributed by atoms with Gasteiger partial charge >= 0.3 is 0 Å². The molecule has 0 N–H and O–H groups in total. The summed E-state index contributed by atoms with van der Waals surface area (Å²) in [5, 5.41) is 0. The third-order valence-electron chi connectivity index (χ3n) is 4.78. The van der Waals surface area contributed by atoms with Gasteiger partial charge in [0.05, 0.1) is 6.33 Å². The minimum Gasteiger partial charge on any atom is -0.337 e. The lowest BCUT2D eigenvalue weighted by molar-refractivity contribution is 0.0684. The van der Waals surface area contributed by atoms with Crippen molar-refractivity contribution in [2.45, 2.75) is 39.9 Å². The van der Waals surface area contributed by atoms with Gasteiger partial charge in [0, 0.05) is 30.9 Å². The molecule has 3 aromatic rings. The summed E-state index contributed by atoms with van der Waals surface area (Å²) in [5.41, 5.74) is 0.621. The summed E-state index contributed by atoms with van der Waals surface area (Å²) in [6, 6.07) is 5.33. The average molecular weight is 419 g/mol. The zero-order valence-corrected chi connectivity index (χ0v) is 16.8. The second-order valence-corrected chi connectivity index (χ2v) is 7.18. The molecule has 0 saturated heterocycles. The van der Waals surface area contributed by atoms with Gasteiger partial charge in [0.15, 0.2) is 17.5 Å². The molecule has 158 valence electrons. The number of hydrogen-bond acceptors (Lipinski definition) is 2. The van der Waals surface area contributed by atoms with Crippen LogP contribution >= 0.6 is 0 Å². The lowest BCUT2D eigenvalue weighted by atomic mass is 10.0. The van der Waals surface area contributed by atoms with Crippen molar-refractivity contribution in [1.82, 2.24) is 14.5 Å². The lowest BCUT2D eigenvalue weighted by Crippen LogP contribution is -2.36. The van der Waals surface area contributed by atoms with Crippen LogP contribution in [-0.4, -0.2) is 26.4 Å². The van der Waals surface area contributed by atoms with Crippen molar-refractivity contribution in [2.75, 3.05) is 0 Å². The summed E-state index contributed by atoms with van der Waals surface area (Å²) >= 11 is 0. The molecule has 8 heteroatoms. The van der Waals surface area contributed by atoms with Gasteiger partial charge in [-0.05, 0) is 56.2 Å². The minimum absolute atomic E-state index is 0.0864. The summed E-state index contributed by atoms with van der Waals surface area (Å²) in [7, 11) is 0. The Morgan fingerprint density at radius 2 is 1.73 bits per heavy atom. The Hall–Kier alpha value is -3.16. The maximum Gasteiger partial charge on any atom is 0.274 e. The summed E-state index contributed by atoms with van der Waals surface area (Å²) < 4.78 is 56.6. The average Bonchev–Trinajstić information content (AvgIpc) is 3.19. The number of aryl methyl sites for hydroxylation is 1. The number of benzene rings is 2. The van der Waals surface area contributed by atoms with E-state index in [1.807, 2.05) is 20.8 Å². The highest BCUT2D eigenvalue weighted by Gasteiger charge is 2.22. The molecule has 30 heavy (non-hydrogen) atoms. The van der Waals surface area contributed by atoms with Crippen LogP contribution in [-0.2, 0) is 13.1 Å². The summed E-state index contributed by atoms with van der Waals surface area (Å²) in [5.74, 6) is -5.42. The molecule has 0 spiro atoms. The van der Waals surface area contributed by atoms with E-state index < -0.39 is 23.3 Å². The Morgan fingerprint density at radius 3 is 2.30 bits per heavy atom. The van der Waals surface area contributed by atoms with Crippen molar-refractivity contribution >= 4 is 5.91 Å². The van der Waals surface area contributed by atoms with Crippen molar-refractivity contribution in [2.24, 2.45) is 0 Å². The van der Waals surface area contributed by atoms with Crippen molar-refractivity contribution in [3.63, 3.8) is 0 Å². The Kier molecular flexibility index (Phi) is 6.24. The normalized spacial score (nSPS) is 11.2. The number of aromatic nitrogens is 2. The number of imidazole rings is 1. The molecule has 0 saturated carbocycles. The number of carbonyl (C=O) groups excluding carboxylic acids is 1. The second-order valence-electron chi connectivity index (χ2n) is 7.18. The maximum atomic E-state index is 14.3. The highest BCUT2D eigenvalue weighted by molar-refractivity contribution is 5.92. The lowest BCUT2D eigenvalue weighted by Gasteiger charge is -2.26. The minimum atomic E-state index is -1.61. The van der Waals surface area contributed by atoms with Crippen LogP contribution < -0.4 is 0 Å². The van der Waals surface area contributed by atoms with Gasteiger partial charge in [-0.25, -0.2) is 22.5 Å². The van der Waals surface area contributed by atoms with Crippen molar-refractivity contribution in [1.29, 1.82) is 0 Å². The van der Waals surface area contributed by atoms with Gasteiger partial charge in [0.1, 0.15) is 11.5 Å². The van der Waals surface area contributed by atoms with Crippen LogP contribution in [0.25, 0.3) is 11.1 Å². The molecule has 0 aliphatic rings. The second kappa shape index (κ2) is 8.69. The third kappa shape index (κ3) is 4.37. The van der Waals surface area contributed by atoms with Gasteiger partial charge in [-0.2, -0.15) is 0 Å². The number of amides is 1. The van der Waals surface area contributed by atoms with Gasteiger partial charge < -0.3 is 9.47 Å². The molecule has 1 aromatic heterocycles. The Balaban J connectivity index is 1.93. The predicted octanol–water partition coefficient (Wildman–Crippen LogP) is 5.18. The van der Waals surface area contributed by atoms with E-state index in [0.717, 1.165) is 18.2 Å². The first-order valence-electron chi connectivity index (χ1n) is 9.47. The van der Waals surface area contributed by atoms with E-state index in [2.05, 4.69) is 4.98 Å². The number of nitrogens with zero attached hydrogens (tertiary/aromatic N) is 3. The first kappa shape index (κ1) is 21.5. The molecule has 4 nitrogen and oxygen atoms in total. The van der Waals surface area contributed by atoms with Crippen LogP contribution in [0.1, 0.15) is 36.8 Å². The van der Waals surface area contributed by atoms with Crippen LogP contribution in [0.4, 0.5) is 17.6 Å². The predicted molar refractivity (Wildman–Crippen MR) is 105 cm³/mol. The molecule has 1 amide bonds. The molecule has 0 unspecified atom stereocenters. The zero-order valence-electron chi connectivity index (χ0n) is 16.8. The molecule has 0 radical (unpaired) electrons. The van der Waals surface area contributed by atoms with Crippen molar-refractivity contribution < 1.29 is 22.4 Å². The van der Waals surface area contributed by atoms with Crippen molar-refractivity contribution in [3.05, 3.63) is 77.4 Å². The highest BCUT2D eigenvalue weighted by atomic mass is 19.2. The van der Waals surface area contributed by atoms with E-state index in [4.69, 9.17) is 0 Å². The molecule has 2 aromatic carbocycles. The summed E-state index contributed by atoms with van der Waals surface area (Å²) in [6.07, 6.45) is 3.22. The molecule has 3 rings (SSSR count). The molecule has 0 atom stereocenters. The molecule has 0 fully saturated rings. The quantitative estimate of drug-likeness (QED) is 0.408. The van der Waals surface area contributed by atoms with Gasteiger partial charge in [0.2, 0.25) is 0 Å². The molecule has 0 aliphatic heterocycles. The summed E-state index contributed by atoms with van der Waals surface area (Å²) in [6.45, 7) is 6.41. The van der Waals surface area contributed by atoms with Crippen LogP contribution in [0, 0.1) is 23.3 Å². The van der Waals surface area contributed by atoms with Gasteiger partial charge in [-0.3, -0.25) is 4.79 Å². The van der Waals surface area contributed by atoms with Crippen LogP contribution in [0.15, 0.2) is 42.9 Å². The fourth-order valence-corrected chi connectivity index (χ4v) is 3.08. The summed E-state index contributed by atoms with van der Waals surface area (Å²) in [4.78, 5) is 18.6. The van der Waals surface area contributed by atoms with E-state index in [1.54, 1.807) is 22.0 Å². The third-order valence-corrected chi connectivity index (χ3v) is 4.78. The van der Waals surface area contributed by atoms with E-state index >= 15 is 0 Å². The standard InChI is InChI=1S/C22H21F4N3O/c1-4-28-11-20(27-12-28)22(30)29(13(2)3)10-14-5-6-17(23)16(7-14)15-8-18(24)21(26)19(25)9-15/h5-9,11-13H,4,10H2,1-3H3. The largest absolute Gasteiger partial charge is 0.337 e. The van der Waals surface area contributed by atoms with Gasteiger partial charge in [-0.15, -0.1) is 0 Å². The first-order chi connectivity index (χ1) is 14.2. The first-order valence-corrected chi connectivity index (χ1v) is 9.47. The van der Waals surface area contributed by atoms with E-state index in [0.29, 0.717) is 12.1 Å². The number of halogens is 4. The topological polar surface area (TPSA) is 38.1 Å². The molecule has 0 aliphatic carbocycles. The van der Waals surface area contributed by atoms with E-state index in [-0.39, 0.29) is 35.3 Å². The van der Waals surface area contributed by atoms with Crippen LogP contribution in [0.2, 0.25) is 0 Å². The number of hydrogen-bond donors (Lipinski definition) is 0. The SMILES string of the molecule is CCn1cnc(C(=O)N(Cc2ccc(F)c(-c3cc(F)c(F)c(F)c3)c2)C(C)C)c1. The fraction of sp³-hybridized carbons (Fsp3) is 0.273. The molecular formula is C22H21F4N3O. The number of carbonyl (C=O) groups is 1. The Bertz CT molecular complexity index is 1050. The van der Waals surface area contributed by atoms with E-state index in [1.165, 1.54) is 12.1 Å². The van der Waals surface area contributed by atoms with Gasteiger partial charge in [0.25, 0.3) is 5.91 Å². The highest BCUT2D eigenvalue weighted by Crippen LogP contribution is 2.28. The molecule has 0 bridgehead atoms. The molecular weight excluding hydrogens is 398 g/mol. The fourth-order valence-electron chi connectivity index (χ4n) is 3.08. The van der Waals surface area contributed by atoms with E-state index in [9.17, 15) is 22.4 Å². The number of rotatable bonds is 6. The maximum absolute atomic E-state index is 14.3. The molecule has 1 heterocycles. The van der Waals surface area contributed by atoms with Gasteiger partial charge in [-0.1, -0.05) is 6.07 Å². The zero-order chi connectivity index (χ0) is 22.0. The van der Waals surface area contributed by atoms with Crippen molar-refractivity contribution in [3.8, 4) is 11.1 Å². The smallest absolute Gasteiger partial charge is 0.274 e.